The Morgan fingerprint density at radius 3 is 1.88 bits per heavy atom. The SMILES string of the molecule is CCCCCCCCC[C@H](F)CCCCO. The number of alkyl halides is 1. The molecule has 0 amide bonds. The van der Waals surface area contributed by atoms with Gasteiger partial charge in [-0.05, 0) is 25.7 Å². The van der Waals surface area contributed by atoms with Crippen molar-refractivity contribution in [3.63, 3.8) is 0 Å². The van der Waals surface area contributed by atoms with Crippen molar-refractivity contribution in [1.29, 1.82) is 0 Å². The number of unbranched alkanes of at least 4 members (excludes halogenated alkanes) is 7. The Kier molecular flexibility index (Phi) is 12.9. The lowest BCUT2D eigenvalue weighted by Crippen LogP contribution is -2.00. The van der Waals surface area contributed by atoms with Crippen LogP contribution >= 0.6 is 0 Å². The van der Waals surface area contributed by atoms with E-state index in [4.69, 9.17) is 5.11 Å². The van der Waals surface area contributed by atoms with Gasteiger partial charge in [-0.1, -0.05) is 51.9 Å². The normalized spacial score (nSPS) is 12.9. The summed E-state index contributed by atoms with van der Waals surface area (Å²) in [5, 5.41) is 8.57. The molecule has 0 radical (unpaired) electrons. The van der Waals surface area contributed by atoms with Crippen molar-refractivity contribution in [2.45, 2.75) is 83.7 Å². The maximum atomic E-state index is 13.3. The Morgan fingerprint density at radius 2 is 1.31 bits per heavy atom. The molecule has 0 unspecified atom stereocenters. The zero-order valence-electron chi connectivity index (χ0n) is 10.9. The molecule has 2 heteroatoms. The van der Waals surface area contributed by atoms with E-state index in [9.17, 15) is 4.39 Å². The third-order valence-electron chi connectivity index (χ3n) is 3.05. The van der Waals surface area contributed by atoms with E-state index in [0.29, 0.717) is 6.42 Å². The Balaban J connectivity index is 3.06. The van der Waals surface area contributed by atoms with E-state index in [2.05, 4.69) is 6.92 Å². The van der Waals surface area contributed by atoms with Gasteiger partial charge in [0.15, 0.2) is 0 Å². The van der Waals surface area contributed by atoms with Gasteiger partial charge in [-0.3, -0.25) is 0 Å². The van der Waals surface area contributed by atoms with E-state index < -0.39 is 6.17 Å². The molecule has 0 aromatic rings. The van der Waals surface area contributed by atoms with Crippen LogP contribution in [0.3, 0.4) is 0 Å². The first-order valence-electron chi connectivity index (χ1n) is 7.06. The lowest BCUT2D eigenvalue weighted by Gasteiger charge is -2.07. The van der Waals surface area contributed by atoms with Crippen molar-refractivity contribution in [2.24, 2.45) is 0 Å². The first kappa shape index (κ1) is 15.9. The summed E-state index contributed by atoms with van der Waals surface area (Å²) in [5.74, 6) is 0. The van der Waals surface area contributed by atoms with Gasteiger partial charge >= 0.3 is 0 Å². The fourth-order valence-electron chi connectivity index (χ4n) is 1.94. The van der Waals surface area contributed by atoms with Gasteiger partial charge in [0.1, 0.15) is 6.17 Å². The zero-order chi connectivity index (χ0) is 12.1. The zero-order valence-corrected chi connectivity index (χ0v) is 10.9. The Hall–Kier alpha value is -0.110. The second-order valence-electron chi connectivity index (χ2n) is 4.73. The quantitative estimate of drug-likeness (QED) is 0.486. The van der Waals surface area contributed by atoms with Crippen LogP contribution < -0.4 is 0 Å². The van der Waals surface area contributed by atoms with Crippen molar-refractivity contribution in [3.05, 3.63) is 0 Å². The maximum Gasteiger partial charge on any atom is 0.100 e. The molecule has 0 aliphatic rings. The maximum absolute atomic E-state index is 13.3. The number of hydrogen-bond acceptors (Lipinski definition) is 1. The predicted octanol–water partition coefficient (Wildman–Crippen LogP) is 4.63. The second-order valence-corrected chi connectivity index (χ2v) is 4.73. The highest BCUT2D eigenvalue weighted by Crippen LogP contribution is 2.14. The van der Waals surface area contributed by atoms with Crippen LogP contribution in [0.15, 0.2) is 0 Å². The van der Waals surface area contributed by atoms with Crippen LogP contribution in [-0.2, 0) is 0 Å². The number of hydrogen-bond donors (Lipinski definition) is 1. The van der Waals surface area contributed by atoms with Crippen LogP contribution in [0.5, 0.6) is 0 Å². The summed E-state index contributed by atoms with van der Waals surface area (Å²) >= 11 is 0. The van der Waals surface area contributed by atoms with Crippen molar-refractivity contribution in [2.75, 3.05) is 6.61 Å². The Morgan fingerprint density at radius 1 is 0.812 bits per heavy atom. The van der Waals surface area contributed by atoms with Gasteiger partial charge in [0.2, 0.25) is 0 Å². The van der Waals surface area contributed by atoms with Crippen molar-refractivity contribution in [1.82, 2.24) is 0 Å². The molecule has 0 saturated heterocycles. The predicted molar refractivity (Wildman–Crippen MR) is 68.4 cm³/mol. The monoisotopic (exact) mass is 232 g/mol. The molecule has 1 N–H and O–H groups in total. The molecular weight excluding hydrogens is 203 g/mol. The summed E-state index contributed by atoms with van der Waals surface area (Å²) in [6.07, 6.45) is 11.1. The third kappa shape index (κ3) is 12.0. The molecule has 0 rings (SSSR count). The lowest BCUT2D eigenvalue weighted by atomic mass is 10.0. The van der Waals surface area contributed by atoms with Crippen LogP contribution in [0.1, 0.15) is 77.6 Å². The van der Waals surface area contributed by atoms with Gasteiger partial charge in [-0.15, -0.1) is 0 Å². The molecule has 0 aromatic heterocycles. The van der Waals surface area contributed by atoms with E-state index in [1.54, 1.807) is 0 Å². The molecule has 1 nitrogen and oxygen atoms in total. The third-order valence-corrected chi connectivity index (χ3v) is 3.05. The average Bonchev–Trinajstić information content (AvgIpc) is 2.28. The van der Waals surface area contributed by atoms with Crippen LogP contribution in [0.4, 0.5) is 4.39 Å². The first-order chi connectivity index (χ1) is 7.81. The molecule has 0 fully saturated rings. The topological polar surface area (TPSA) is 20.2 Å². The van der Waals surface area contributed by atoms with E-state index >= 15 is 0 Å². The minimum atomic E-state index is -0.637. The number of halogens is 1. The highest BCUT2D eigenvalue weighted by atomic mass is 19.1. The average molecular weight is 232 g/mol. The number of aliphatic hydroxyl groups excluding tert-OH is 1. The van der Waals surface area contributed by atoms with E-state index in [-0.39, 0.29) is 6.61 Å². The number of aliphatic hydroxyl groups is 1. The molecule has 0 aliphatic heterocycles. The van der Waals surface area contributed by atoms with E-state index in [1.165, 1.54) is 38.5 Å². The minimum absolute atomic E-state index is 0.199. The van der Waals surface area contributed by atoms with Gasteiger partial charge in [0, 0.05) is 6.61 Å². The molecule has 0 heterocycles. The van der Waals surface area contributed by atoms with Crippen LogP contribution in [-0.4, -0.2) is 17.9 Å². The second kappa shape index (κ2) is 13.0. The van der Waals surface area contributed by atoms with Gasteiger partial charge in [-0.2, -0.15) is 0 Å². The van der Waals surface area contributed by atoms with E-state index in [1.807, 2.05) is 0 Å². The standard InChI is InChI=1S/C14H29FO/c1-2-3-4-5-6-7-8-11-14(15)12-9-10-13-16/h14,16H,2-13H2,1H3/t14-/m0/s1. The summed E-state index contributed by atoms with van der Waals surface area (Å²) in [6.45, 7) is 2.42. The van der Waals surface area contributed by atoms with Gasteiger partial charge < -0.3 is 5.11 Å². The largest absolute Gasteiger partial charge is 0.396 e. The fourth-order valence-corrected chi connectivity index (χ4v) is 1.94. The summed E-state index contributed by atoms with van der Waals surface area (Å²) in [4.78, 5) is 0. The Bertz CT molecular complexity index is 128. The smallest absolute Gasteiger partial charge is 0.100 e. The van der Waals surface area contributed by atoms with Crippen LogP contribution in [0, 0.1) is 0 Å². The van der Waals surface area contributed by atoms with Gasteiger partial charge in [-0.25, -0.2) is 4.39 Å². The van der Waals surface area contributed by atoms with Crippen molar-refractivity contribution >= 4 is 0 Å². The molecule has 0 saturated carbocycles. The summed E-state index contributed by atoms with van der Waals surface area (Å²) in [6, 6.07) is 0. The van der Waals surface area contributed by atoms with Crippen LogP contribution in [0.25, 0.3) is 0 Å². The molecule has 0 bridgehead atoms. The van der Waals surface area contributed by atoms with Gasteiger partial charge in [0.05, 0.1) is 0 Å². The van der Waals surface area contributed by atoms with Crippen LogP contribution in [0.2, 0.25) is 0 Å². The summed E-state index contributed by atoms with van der Waals surface area (Å²) < 4.78 is 13.3. The highest BCUT2D eigenvalue weighted by Gasteiger charge is 2.05. The van der Waals surface area contributed by atoms with Gasteiger partial charge in [0.25, 0.3) is 0 Å². The molecule has 1 atom stereocenters. The summed E-state index contributed by atoms with van der Waals surface area (Å²) in [5.41, 5.74) is 0. The minimum Gasteiger partial charge on any atom is -0.396 e. The molecular formula is C14H29FO. The number of rotatable bonds is 12. The molecule has 16 heavy (non-hydrogen) atoms. The highest BCUT2D eigenvalue weighted by molar-refractivity contribution is 4.57. The van der Waals surface area contributed by atoms with Crippen molar-refractivity contribution in [3.8, 4) is 0 Å². The van der Waals surface area contributed by atoms with E-state index in [0.717, 1.165) is 25.7 Å². The molecule has 0 aliphatic carbocycles. The first-order valence-corrected chi connectivity index (χ1v) is 7.06. The molecule has 0 aromatic carbocycles. The lowest BCUT2D eigenvalue weighted by molar-refractivity contribution is 0.251. The summed E-state index contributed by atoms with van der Waals surface area (Å²) in [7, 11) is 0. The molecule has 0 spiro atoms. The Labute approximate surface area is 100 Å². The molecule has 98 valence electrons. The fraction of sp³-hybridized carbons (Fsp3) is 1.00. The van der Waals surface area contributed by atoms with Crippen molar-refractivity contribution < 1.29 is 9.50 Å².